The Morgan fingerprint density at radius 1 is 1.57 bits per heavy atom. The van der Waals surface area contributed by atoms with E-state index in [4.69, 9.17) is 0 Å². The molecule has 0 atom stereocenters. The number of hydrogen-bond donors (Lipinski definition) is 0. The van der Waals surface area contributed by atoms with Crippen molar-refractivity contribution in [2.24, 2.45) is 0 Å². The molecule has 0 nitrogen and oxygen atoms in total. The van der Waals surface area contributed by atoms with Crippen LogP contribution in [-0.2, 0) is 0 Å². The van der Waals surface area contributed by atoms with Crippen LogP contribution in [0.25, 0.3) is 0 Å². The first-order chi connectivity index (χ1) is 3.41. The zero-order valence-corrected chi connectivity index (χ0v) is 8.50. The van der Waals surface area contributed by atoms with E-state index >= 15 is 0 Å². The van der Waals surface area contributed by atoms with Gasteiger partial charge in [0.05, 0.1) is 0 Å². The Hall–Kier alpha value is 1.57. The van der Waals surface area contributed by atoms with E-state index in [9.17, 15) is 0 Å². The predicted octanol–water partition coefficient (Wildman–Crippen LogP) is 2.70. The second kappa shape index (κ2) is 7.57. The van der Waals surface area contributed by atoms with Crippen LogP contribution in [0.3, 0.4) is 0 Å². The first-order valence-electron chi connectivity index (χ1n) is 1.90. The van der Waals surface area contributed by atoms with E-state index in [0.29, 0.717) is 0 Å². The Balaban J connectivity index is 2.45. The molecule has 0 rings (SSSR count). The molecule has 0 bridgehead atoms. The molecule has 0 fully saturated rings. The molecule has 0 aliphatic carbocycles. The minimum absolute atomic E-state index is 0.827. The molecule has 0 saturated carbocycles. The quantitative estimate of drug-likeness (QED) is 0.405. The van der Waals surface area contributed by atoms with E-state index < -0.39 is 0 Å². The van der Waals surface area contributed by atoms with Crippen LogP contribution in [0.2, 0.25) is 5.32 Å². The normalized spacial score (nSPS) is 9.43. The van der Waals surface area contributed by atoms with E-state index in [0.717, 1.165) is 13.8 Å². The van der Waals surface area contributed by atoms with Crippen LogP contribution < -0.4 is 0 Å². The second-order valence-electron chi connectivity index (χ2n) is 0.709. The van der Waals surface area contributed by atoms with Gasteiger partial charge in [0.25, 0.3) is 0 Å². The minimum atomic E-state index is 0.827. The summed E-state index contributed by atoms with van der Waals surface area (Å²) < 4.78 is 0. The molecule has 0 aromatic rings. The van der Waals surface area contributed by atoms with Gasteiger partial charge >= 0.3 is 62.2 Å². The zero-order chi connectivity index (χ0) is 5.54. The van der Waals surface area contributed by atoms with Crippen LogP contribution in [0.15, 0.2) is 0 Å². The number of hydrogen-bond acceptors (Lipinski definition) is 3. The van der Waals surface area contributed by atoms with E-state index in [1.165, 1.54) is 5.32 Å². The van der Waals surface area contributed by atoms with Gasteiger partial charge in [0.1, 0.15) is 0 Å². The van der Waals surface area contributed by atoms with Gasteiger partial charge in [-0.25, -0.2) is 0 Å². The fraction of sp³-hybridized carbons (Fsp3) is 1.00. The van der Waals surface area contributed by atoms with Crippen molar-refractivity contribution in [2.45, 2.75) is 12.2 Å². The standard InChI is InChI=1S/C3H8S3Se/c1-3-7-6-5-4-2/h3H2,1-2H3. The zero-order valence-electron chi connectivity index (χ0n) is 4.34. The molecule has 0 amide bonds. The summed E-state index contributed by atoms with van der Waals surface area (Å²) in [5.41, 5.74) is 0. The van der Waals surface area contributed by atoms with Crippen LogP contribution in [0, 0.1) is 0 Å². The monoisotopic (exact) mass is 220 g/mol. The summed E-state index contributed by atoms with van der Waals surface area (Å²) in [5.74, 6) is 0. The van der Waals surface area contributed by atoms with Gasteiger partial charge in [0.2, 0.25) is 0 Å². The molecule has 0 heterocycles. The molecular weight excluding hydrogens is 211 g/mol. The van der Waals surface area contributed by atoms with E-state index in [1.807, 2.05) is 29.8 Å². The molecule has 0 radical (unpaired) electrons. The molecule has 0 aliphatic rings. The van der Waals surface area contributed by atoms with Crippen molar-refractivity contribution in [1.82, 2.24) is 0 Å². The third-order valence-corrected chi connectivity index (χ3v) is 9.82. The molecule has 4 heteroatoms. The SMILES string of the molecule is CC[Se]SSSC. The maximum atomic E-state index is 2.23. The Morgan fingerprint density at radius 2 is 2.29 bits per heavy atom. The fourth-order valence-corrected chi connectivity index (χ4v) is 8.90. The molecule has 44 valence electrons. The van der Waals surface area contributed by atoms with E-state index in [1.54, 1.807) is 0 Å². The summed E-state index contributed by atoms with van der Waals surface area (Å²) >= 11 is 0.827. The van der Waals surface area contributed by atoms with E-state index in [2.05, 4.69) is 13.2 Å². The summed E-state index contributed by atoms with van der Waals surface area (Å²) in [7, 11) is 5.73. The van der Waals surface area contributed by atoms with Gasteiger partial charge < -0.3 is 0 Å². The van der Waals surface area contributed by atoms with Gasteiger partial charge in [0, 0.05) is 0 Å². The molecule has 0 unspecified atom stereocenters. The summed E-state index contributed by atoms with van der Waals surface area (Å²) in [6, 6.07) is 0. The van der Waals surface area contributed by atoms with Crippen molar-refractivity contribution >= 4 is 43.7 Å². The maximum absolute atomic E-state index is 2.23. The molecule has 0 saturated heterocycles. The first kappa shape index (κ1) is 8.57. The Labute approximate surface area is 62.0 Å². The molecule has 0 aromatic carbocycles. The molecular formula is C3H8S3Se. The first-order valence-corrected chi connectivity index (χ1v) is 9.03. The van der Waals surface area contributed by atoms with Crippen molar-refractivity contribution in [3.05, 3.63) is 0 Å². The predicted molar refractivity (Wildman–Crippen MR) is 44.9 cm³/mol. The molecule has 0 spiro atoms. The Kier molecular flexibility index (Phi) is 9.27. The number of rotatable bonds is 4. The van der Waals surface area contributed by atoms with Crippen molar-refractivity contribution in [3.8, 4) is 0 Å². The van der Waals surface area contributed by atoms with Crippen LogP contribution in [0.4, 0.5) is 0 Å². The van der Waals surface area contributed by atoms with Crippen molar-refractivity contribution in [2.75, 3.05) is 6.26 Å². The summed E-state index contributed by atoms with van der Waals surface area (Å²) in [4.78, 5) is 0. The summed E-state index contributed by atoms with van der Waals surface area (Å²) in [5, 5.41) is 1.35. The van der Waals surface area contributed by atoms with Gasteiger partial charge in [-0.3, -0.25) is 0 Å². The van der Waals surface area contributed by atoms with Crippen LogP contribution >= 0.6 is 29.8 Å². The Bertz CT molecular complexity index is 29.4. The summed E-state index contributed by atoms with van der Waals surface area (Å²) in [6.45, 7) is 2.23. The second-order valence-corrected chi connectivity index (χ2v) is 9.86. The average Bonchev–Trinajstić information content (AvgIpc) is 1.69. The third-order valence-electron chi connectivity index (χ3n) is 0.262. The van der Waals surface area contributed by atoms with Gasteiger partial charge in [0.15, 0.2) is 0 Å². The van der Waals surface area contributed by atoms with Crippen molar-refractivity contribution < 1.29 is 0 Å². The molecule has 7 heavy (non-hydrogen) atoms. The van der Waals surface area contributed by atoms with Crippen LogP contribution in [0.5, 0.6) is 0 Å². The van der Waals surface area contributed by atoms with E-state index in [-0.39, 0.29) is 0 Å². The van der Waals surface area contributed by atoms with Gasteiger partial charge in [-0.05, 0) is 0 Å². The van der Waals surface area contributed by atoms with Crippen LogP contribution in [0.1, 0.15) is 6.92 Å². The van der Waals surface area contributed by atoms with Gasteiger partial charge in [-0.1, -0.05) is 0 Å². The van der Waals surface area contributed by atoms with Crippen molar-refractivity contribution in [1.29, 1.82) is 0 Å². The molecule has 0 aliphatic heterocycles. The van der Waals surface area contributed by atoms with Crippen molar-refractivity contribution in [3.63, 3.8) is 0 Å². The molecule has 0 N–H and O–H groups in total. The topological polar surface area (TPSA) is 0 Å². The van der Waals surface area contributed by atoms with Gasteiger partial charge in [-0.2, -0.15) is 0 Å². The third kappa shape index (κ3) is 7.57. The summed E-state index contributed by atoms with van der Waals surface area (Å²) in [6.07, 6.45) is 2.11. The average molecular weight is 219 g/mol. The molecule has 0 aromatic heterocycles. The fourth-order valence-electron chi connectivity index (χ4n) is 0.0955. The Morgan fingerprint density at radius 3 is 2.71 bits per heavy atom. The van der Waals surface area contributed by atoms with Crippen LogP contribution in [-0.4, -0.2) is 20.1 Å². The van der Waals surface area contributed by atoms with Gasteiger partial charge in [-0.15, -0.1) is 0 Å².